The fourth-order valence-corrected chi connectivity index (χ4v) is 3.76. The molecule has 0 radical (unpaired) electrons. The molecule has 0 aliphatic rings. The first-order valence-corrected chi connectivity index (χ1v) is 10.7. The number of amides is 2. The third-order valence-corrected chi connectivity index (χ3v) is 5.84. The van der Waals surface area contributed by atoms with Crippen LogP contribution < -0.4 is 10.6 Å². The first-order valence-electron chi connectivity index (χ1n) is 9.41. The van der Waals surface area contributed by atoms with Gasteiger partial charge in [0.25, 0.3) is 11.8 Å². The third-order valence-electron chi connectivity index (χ3n) is 4.65. The molecule has 0 fully saturated rings. The number of aromatic nitrogens is 3. The van der Waals surface area contributed by atoms with Crippen molar-refractivity contribution in [3.8, 4) is 5.69 Å². The first-order chi connectivity index (χ1) is 15.0. The molecule has 1 unspecified atom stereocenters. The molecule has 0 aliphatic heterocycles. The molecule has 7 nitrogen and oxygen atoms in total. The van der Waals surface area contributed by atoms with Crippen LogP contribution >= 0.6 is 22.9 Å². The van der Waals surface area contributed by atoms with E-state index in [1.54, 1.807) is 41.3 Å². The number of anilines is 1. The van der Waals surface area contributed by atoms with Crippen molar-refractivity contribution in [2.45, 2.75) is 13.0 Å². The summed E-state index contributed by atoms with van der Waals surface area (Å²) in [6.45, 7) is 1.90. The molecule has 156 valence electrons. The minimum absolute atomic E-state index is 0.225. The molecule has 4 rings (SSSR count). The predicted molar refractivity (Wildman–Crippen MR) is 121 cm³/mol. The molecular weight excluding hydrogens is 434 g/mol. The summed E-state index contributed by atoms with van der Waals surface area (Å²) in [6, 6.07) is 15.8. The number of nitrogens with one attached hydrogen (secondary N) is 2. The van der Waals surface area contributed by atoms with Gasteiger partial charge in [-0.25, -0.2) is 9.67 Å². The average Bonchev–Trinajstić information content (AvgIpc) is 3.50. The molecule has 0 saturated heterocycles. The van der Waals surface area contributed by atoms with Gasteiger partial charge in [-0.1, -0.05) is 29.8 Å². The minimum Gasteiger partial charge on any atom is -0.346 e. The Bertz CT molecular complexity index is 1190. The summed E-state index contributed by atoms with van der Waals surface area (Å²) < 4.78 is 1.66. The van der Waals surface area contributed by atoms with E-state index in [0.717, 1.165) is 11.3 Å². The Balaban J connectivity index is 1.45. The van der Waals surface area contributed by atoms with Crippen molar-refractivity contribution in [1.82, 2.24) is 20.1 Å². The summed E-state index contributed by atoms with van der Waals surface area (Å²) in [7, 11) is 0. The molecule has 0 saturated carbocycles. The van der Waals surface area contributed by atoms with Gasteiger partial charge in [-0.3, -0.25) is 9.59 Å². The second kappa shape index (κ2) is 9.11. The van der Waals surface area contributed by atoms with Crippen LogP contribution in [-0.4, -0.2) is 26.6 Å². The molecule has 0 aliphatic carbocycles. The zero-order valence-corrected chi connectivity index (χ0v) is 18.0. The van der Waals surface area contributed by atoms with Crippen molar-refractivity contribution in [3.63, 3.8) is 0 Å². The molecule has 2 aromatic heterocycles. The fraction of sp³-hybridized carbons (Fsp3) is 0.0909. The zero-order valence-electron chi connectivity index (χ0n) is 16.4. The lowest BCUT2D eigenvalue weighted by Crippen LogP contribution is -2.26. The molecule has 31 heavy (non-hydrogen) atoms. The lowest BCUT2D eigenvalue weighted by molar-refractivity contribution is 0.0938. The van der Waals surface area contributed by atoms with Gasteiger partial charge in [0.1, 0.15) is 12.7 Å². The van der Waals surface area contributed by atoms with Crippen LogP contribution in [0.15, 0.2) is 72.6 Å². The van der Waals surface area contributed by atoms with Crippen LogP contribution in [0.25, 0.3) is 5.69 Å². The van der Waals surface area contributed by atoms with E-state index in [9.17, 15) is 9.59 Å². The number of benzene rings is 2. The van der Waals surface area contributed by atoms with Crippen molar-refractivity contribution in [1.29, 1.82) is 0 Å². The standard InChI is InChI=1S/C22H18ClN5O2S/c1-14(15-4-7-17(8-5-15)28-13-24-12-25-28)26-21(29)16-6-9-18(23)19(11-16)27-22(30)20-3-2-10-31-20/h2-14H,1H3,(H,26,29)(H,27,30). The molecule has 2 amide bonds. The van der Waals surface area contributed by atoms with E-state index in [4.69, 9.17) is 11.6 Å². The molecule has 4 aromatic rings. The van der Waals surface area contributed by atoms with E-state index in [0.29, 0.717) is 21.2 Å². The second-order valence-electron chi connectivity index (χ2n) is 6.75. The maximum absolute atomic E-state index is 12.8. The van der Waals surface area contributed by atoms with Gasteiger partial charge in [0, 0.05) is 5.56 Å². The molecule has 9 heteroatoms. The Morgan fingerprint density at radius 3 is 2.58 bits per heavy atom. The van der Waals surface area contributed by atoms with E-state index >= 15 is 0 Å². The van der Waals surface area contributed by atoms with Gasteiger partial charge in [-0.05, 0) is 54.3 Å². The van der Waals surface area contributed by atoms with Crippen molar-refractivity contribution < 1.29 is 9.59 Å². The second-order valence-corrected chi connectivity index (χ2v) is 8.11. The summed E-state index contributed by atoms with van der Waals surface area (Å²) in [5.41, 5.74) is 2.61. The molecule has 1 atom stereocenters. The van der Waals surface area contributed by atoms with Gasteiger partial charge in [0.15, 0.2) is 0 Å². The van der Waals surface area contributed by atoms with E-state index < -0.39 is 0 Å². The van der Waals surface area contributed by atoms with Crippen LogP contribution in [0, 0.1) is 0 Å². The number of carbonyl (C=O) groups is 2. The van der Waals surface area contributed by atoms with Crippen molar-refractivity contribution in [2.75, 3.05) is 5.32 Å². The number of hydrogen-bond acceptors (Lipinski definition) is 5. The van der Waals surface area contributed by atoms with Crippen LogP contribution in [0.5, 0.6) is 0 Å². The SMILES string of the molecule is CC(NC(=O)c1ccc(Cl)c(NC(=O)c2cccs2)c1)c1ccc(-n2cncn2)cc1. The van der Waals surface area contributed by atoms with Crippen LogP contribution in [0.1, 0.15) is 38.6 Å². The van der Waals surface area contributed by atoms with Crippen molar-refractivity contribution >= 4 is 40.4 Å². The van der Waals surface area contributed by atoms with Gasteiger partial charge in [0.2, 0.25) is 0 Å². The first kappa shape index (κ1) is 20.8. The van der Waals surface area contributed by atoms with Gasteiger partial charge in [-0.2, -0.15) is 5.10 Å². The largest absolute Gasteiger partial charge is 0.346 e. The number of nitrogens with zero attached hydrogens (tertiary/aromatic N) is 3. The normalized spacial score (nSPS) is 11.7. The van der Waals surface area contributed by atoms with E-state index in [2.05, 4.69) is 20.7 Å². The highest BCUT2D eigenvalue weighted by Crippen LogP contribution is 2.25. The molecule has 2 N–H and O–H groups in total. The van der Waals surface area contributed by atoms with Crippen LogP contribution in [0.3, 0.4) is 0 Å². The molecule has 2 heterocycles. The Labute approximate surface area is 187 Å². The van der Waals surface area contributed by atoms with Gasteiger partial charge in [-0.15, -0.1) is 11.3 Å². The molecule has 0 bridgehead atoms. The number of hydrogen-bond donors (Lipinski definition) is 2. The monoisotopic (exact) mass is 451 g/mol. The van der Waals surface area contributed by atoms with Gasteiger partial charge < -0.3 is 10.6 Å². The maximum Gasteiger partial charge on any atom is 0.265 e. The fourth-order valence-electron chi connectivity index (χ4n) is 2.97. The Kier molecular flexibility index (Phi) is 6.11. The molecule has 2 aromatic carbocycles. The quantitative estimate of drug-likeness (QED) is 0.443. The summed E-state index contributed by atoms with van der Waals surface area (Å²) >= 11 is 7.54. The van der Waals surface area contributed by atoms with E-state index in [1.165, 1.54) is 17.7 Å². The Morgan fingerprint density at radius 1 is 1.10 bits per heavy atom. The zero-order chi connectivity index (χ0) is 21.8. The van der Waals surface area contributed by atoms with E-state index in [-0.39, 0.29) is 17.9 Å². The van der Waals surface area contributed by atoms with Crippen molar-refractivity contribution in [2.24, 2.45) is 0 Å². The highest BCUT2D eigenvalue weighted by Gasteiger charge is 2.15. The summed E-state index contributed by atoms with van der Waals surface area (Å²) in [5.74, 6) is -0.536. The topological polar surface area (TPSA) is 88.9 Å². The Morgan fingerprint density at radius 2 is 1.90 bits per heavy atom. The van der Waals surface area contributed by atoms with Crippen LogP contribution in [0.2, 0.25) is 5.02 Å². The number of halogens is 1. The van der Waals surface area contributed by atoms with Crippen molar-refractivity contribution in [3.05, 3.63) is 93.7 Å². The van der Waals surface area contributed by atoms with E-state index in [1.807, 2.05) is 36.6 Å². The number of carbonyl (C=O) groups excluding carboxylic acids is 2. The maximum atomic E-state index is 12.8. The molecule has 0 spiro atoms. The number of rotatable bonds is 6. The summed E-state index contributed by atoms with van der Waals surface area (Å²) in [4.78, 5) is 29.6. The smallest absolute Gasteiger partial charge is 0.265 e. The van der Waals surface area contributed by atoms with Crippen LogP contribution in [0.4, 0.5) is 5.69 Å². The summed E-state index contributed by atoms with van der Waals surface area (Å²) in [6.07, 6.45) is 3.09. The third kappa shape index (κ3) is 4.82. The Hall–Kier alpha value is -3.49. The lowest BCUT2D eigenvalue weighted by atomic mass is 10.1. The predicted octanol–water partition coefficient (Wildman–Crippen LogP) is 4.73. The number of thiophene rings is 1. The van der Waals surface area contributed by atoms with Gasteiger partial charge in [0.05, 0.1) is 27.3 Å². The van der Waals surface area contributed by atoms with Crippen LogP contribution in [-0.2, 0) is 0 Å². The lowest BCUT2D eigenvalue weighted by Gasteiger charge is -2.16. The van der Waals surface area contributed by atoms with Gasteiger partial charge >= 0.3 is 0 Å². The highest BCUT2D eigenvalue weighted by atomic mass is 35.5. The minimum atomic E-state index is -0.268. The molecular formula is C22H18ClN5O2S. The summed E-state index contributed by atoms with van der Waals surface area (Å²) in [5, 5.41) is 12.0. The highest BCUT2D eigenvalue weighted by molar-refractivity contribution is 7.12. The average molecular weight is 452 g/mol.